The average Bonchev–Trinajstić information content (AvgIpc) is 2.65. The Hall–Kier alpha value is -2.51. The molecule has 130 valence electrons. The molecule has 2 rings (SSSR count). The number of nitrogens with one attached hydrogen (secondary N) is 2. The van der Waals surface area contributed by atoms with Crippen LogP contribution in [0.5, 0.6) is 0 Å². The van der Waals surface area contributed by atoms with Crippen LogP contribution in [0.3, 0.4) is 0 Å². The standard InChI is InChI=1S/C16H19F2N3O3/c1-9(2)7-16(3)14(23)21(15(24)20-16)8-13(22)19-10-4-5-11(17)12(18)6-10/h4-6,9H,7-8H2,1-3H3,(H,19,22)(H,20,24)/t16-/m1/s1. The third kappa shape index (κ3) is 3.69. The molecule has 0 aromatic heterocycles. The van der Waals surface area contributed by atoms with Gasteiger partial charge < -0.3 is 10.6 Å². The average molecular weight is 339 g/mol. The third-order valence-corrected chi connectivity index (χ3v) is 3.67. The third-order valence-electron chi connectivity index (χ3n) is 3.67. The molecule has 0 radical (unpaired) electrons. The van der Waals surface area contributed by atoms with Crippen LogP contribution < -0.4 is 10.6 Å². The highest BCUT2D eigenvalue weighted by Crippen LogP contribution is 2.25. The Morgan fingerprint density at radius 2 is 1.96 bits per heavy atom. The van der Waals surface area contributed by atoms with Gasteiger partial charge in [-0.15, -0.1) is 0 Å². The van der Waals surface area contributed by atoms with Gasteiger partial charge in [-0.25, -0.2) is 13.6 Å². The van der Waals surface area contributed by atoms with Crippen molar-refractivity contribution < 1.29 is 23.2 Å². The molecule has 0 bridgehead atoms. The van der Waals surface area contributed by atoms with Crippen molar-refractivity contribution in [1.29, 1.82) is 0 Å². The van der Waals surface area contributed by atoms with Crippen molar-refractivity contribution in [2.75, 3.05) is 11.9 Å². The lowest BCUT2D eigenvalue weighted by atomic mass is 9.91. The van der Waals surface area contributed by atoms with Gasteiger partial charge in [0.15, 0.2) is 11.6 Å². The molecule has 1 heterocycles. The van der Waals surface area contributed by atoms with Gasteiger partial charge in [0.05, 0.1) is 0 Å². The molecule has 24 heavy (non-hydrogen) atoms. The number of hydrogen-bond donors (Lipinski definition) is 2. The van der Waals surface area contributed by atoms with Gasteiger partial charge in [0.2, 0.25) is 5.91 Å². The smallest absolute Gasteiger partial charge is 0.324 e. The first-order valence-electron chi connectivity index (χ1n) is 7.51. The number of anilines is 1. The second-order valence-electron chi connectivity index (χ2n) is 6.43. The fraction of sp³-hybridized carbons (Fsp3) is 0.438. The molecule has 1 atom stereocenters. The largest absolute Gasteiger partial charge is 0.325 e. The van der Waals surface area contributed by atoms with Crippen molar-refractivity contribution in [1.82, 2.24) is 10.2 Å². The molecule has 0 aliphatic carbocycles. The summed E-state index contributed by atoms with van der Waals surface area (Å²) in [7, 11) is 0. The van der Waals surface area contributed by atoms with Crippen LogP contribution in [0, 0.1) is 17.6 Å². The molecule has 4 amide bonds. The highest BCUT2D eigenvalue weighted by molar-refractivity contribution is 6.09. The van der Waals surface area contributed by atoms with E-state index < -0.39 is 41.6 Å². The lowest BCUT2D eigenvalue weighted by Gasteiger charge is -2.23. The Kier molecular flexibility index (Phi) is 4.86. The van der Waals surface area contributed by atoms with E-state index in [4.69, 9.17) is 0 Å². The maximum absolute atomic E-state index is 13.1. The molecule has 0 spiro atoms. The van der Waals surface area contributed by atoms with Crippen molar-refractivity contribution in [2.24, 2.45) is 5.92 Å². The van der Waals surface area contributed by atoms with E-state index >= 15 is 0 Å². The van der Waals surface area contributed by atoms with E-state index in [1.165, 1.54) is 6.07 Å². The lowest BCUT2D eigenvalue weighted by Crippen LogP contribution is -2.45. The van der Waals surface area contributed by atoms with E-state index in [0.717, 1.165) is 17.0 Å². The summed E-state index contributed by atoms with van der Waals surface area (Å²) in [5, 5.41) is 4.92. The van der Waals surface area contributed by atoms with E-state index in [1.807, 2.05) is 13.8 Å². The SMILES string of the molecule is CC(C)C[C@@]1(C)NC(=O)N(CC(=O)Nc2ccc(F)c(F)c2)C1=O. The van der Waals surface area contributed by atoms with Crippen molar-refractivity contribution in [3.63, 3.8) is 0 Å². The number of urea groups is 1. The first-order valence-corrected chi connectivity index (χ1v) is 7.51. The molecule has 0 saturated carbocycles. The fourth-order valence-corrected chi connectivity index (χ4v) is 2.76. The summed E-state index contributed by atoms with van der Waals surface area (Å²) in [6.45, 7) is 4.95. The molecule has 1 aromatic rings. The van der Waals surface area contributed by atoms with Gasteiger partial charge >= 0.3 is 6.03 Å². The maximum atomic E-state index is 13.1. The molecule has 1 aliphatic rings. The van der Waals surface area contributed by atoms with Gasteiger partial charge in [-0.05, 0) is 31.4 Å². The van der Waals surface area contributed by atoms with Crippen LogP contribution in [0.25, 0.3) is 0 Å². The van der Waals surface area contributed by atoms with Crippen LogP contribution in [0.15, 0.2) is 18.2 Å². The molecule has 1 fully saturated rings. The zero-order valence-corrected chi connectivity index (χ0v) is 13.7. The molecule has 1 aliphatic heterocycles. The van der Waals surface area contributed by atoms with Gasteiger partial charge in [-0.2, -0.15) is 0 Å². The van der Waals surface area contributed by atoms with E-state index in [9.17, 15) is 23.2 Å². The Bertz CT molecular complexity index is 693. The summed E-state index contributed by atoms with van der Waals surface area (Å²) >= 11 is 0. The molecular weight excluding hydrogens is 320 g/mol. The Morgan fingerprint density at radius 3 is 2.54 bits per heavy atom. The van der Waals surface area contributed by atoms with E-state index in [-0.39, 0.29) is 11.6 Å². The minimum atomic E-state index is -1.10. The quantitative estimate of drug-likeness (QED) is 0.808. The van der Waals surface area contributed by atoms with Gasteiger partial charge in [-0.3, -0.25) is 14.5 Å². The Morgan fingerprint density at radius 1 is 1.29 bits per heavy atom. The summed E-state index contributed by atoms with van der Waals surface area (Å²) in [5.41, 5.74) is -1.01. The van der Waals surface area contributed by atoms with Gasteiger partial charge in [0.1, 0.15) is 12.1 Å². The number of benzene rings is 1. The number of rotatable bonds is 5. The Balaban J connectivity index is 2.04. The summed E-state index contributed by atoms with van der Waals surface area (Å²) in [6, 6.07) is 2.23. The number of amides is 4. The van der Waals surface area contributed by atoms with Crippen molar-refractivity contribution in [3.8, 4) is 0 Å². The summed E-state index contributed by atoms with van der Waals surface area (Å²) in [5.74, 6) is -3.13. The lowest BCUT2D eigenvalue weighted by molar-refractivity contribution is -0.133. The highest BCUT2D eigenvalue weighted by Gasteiger charge is 2.48. The van der Waals surface area contributed by atoms with E-state index in [1.54, 1.807) is 6.92 Å². The second kappa shape index (κ2) is 6.54. The van der Waals surface area contributed by atoms with E-state index in [2.05, 4.69) is 10.6 Å². The monoisotopic (exact) mass is 339 g/mol. The first-order chi connectivity index (χ1) is 11.1. The number of hydrogen-bond acceptors (Lipinski definition) is 3. The summed E-state index contributed by atoms with van der Waals surface area (Å²) in [6.07, 6.45) is 0.443. The maximum Gasteiger partial charge on any atom is 0.325 e. The normalized spacial score (nSPS) is 20.5. The first kappa shape index (κ1) is 17.8. The summed E-state index contributed by atoms with van der Waals surface area (Å²) in [4.78, 5) is 37.2. The second-order valence-corrected chi connectivity index (χ2v) is 6.43. The molecular formula is C16H19F2N3O3. The van der Waals surface area contributed by atoms with Crippen LogP contribution >= 0.6 is 0 Å². The topological polar surface area (TPSA) is 78.5 Å². The zero-order valence-electron chi connectivity index (χ0n) is 13.7. The molecule has 2 N–H and O–H groups in total. The van der Waals surface area contributed by atoms with Crippen molar-refractivity contribution >= 4 is 23.5 Å². The number of imide groups is 1. The number of carbonyl (C=O) groups is 3. The molecule has 1 aromatic carbocycles. The van der Waals surface area contributed by atoms with Gasteiger partial charge in [-0.1, -0.05) is 13.8 Å². The minimum absolute atomic E-state index is 0.0379. The van der Waals surface area contributed by atoms with E-state index in [0.29, 0.717) is 6.42 Å². The summed E-state index contributed by atoms with van der Waals surface area (Å²) < 4.78 is 26.0. The molecule has 6 nitrogen and oxygen atoms in total. The Labute approximate surface area is 138 Å². The van der Waals surface area contributed by atoms with Crippen LogP contribution in [0.1, 0.15) is 27.2 Å². The predicted molar refractivity (Wildman–Crippen MR) is 83.1 cm³/mol. The molecule has 8 heteroatoms. The fourth-order valence-electron chi connectivity index (χ4n) is 2.76. The van der Waals surface area contributed by atoms with Gasteiger partial charge in [0, 0.05) is 11.8 Å². The van der Waals surface area contributed by atoms with Crippen molar-refractivity contribution in [2.45, 2.75) is 32.7 Å². The molecule has 1 saturated heterocycles. The predicted octanol–water partition coefficient (Wildman–Crippen LogP) is 2.26. The number of nitrogens with zero attached hydrogens (tertiary/aromatic N) is 1. The van der Waals surface area contributed by atoms with Crippen LogP contribution in [0.4, 0.5) is 19.3 Å². The van der Waals surface area contributed by atoms with Gasteiger partial charge in [0.25, 0.3) is 5.91 Å². The highest BCUT2D eigenvalue weighted by atomic mass is 19.2. The van der Waals surface area contributed by atoms with Crippen molar-refractivity contribution in [3.05, 3.63) is 29.8 Å². The minimum Gasteiger partial charge on any atom is -0.324 e. The van der Waals surface area contributed by atoms with Crippen LogP contribution in [-0.2, 0) is 9.59 Å². The zero-order chi connectivity index (χ0) is 18.1. The van der Waals surface area contributed by atoms with Crippen LogP contribution in [-0.4, -0.2) is 34.8 Å². The van der Waals surface area contributed by atoms with Crippen LogP contribution in [0.2, 0.25) is 0 Å². The molecule has 0 unspecified atom stereocenters. The number of carbonyl (C=O) groups excluding carboxylic acids is 3. The number of halogens is 2.